The van der Waals surface area contributed by atoms with Crippen LogP contribution in [0, 0.1) is 6.92 Å². The van der Waals surface area contributed by atoms with Gasteiger partial charge in [0.15, 0.2) is 0 Å². The van der Waals surface area contributed by atoms with Crippen LogP contribution in [0.15, 0.2) is 35.3 Å². The fourth-order valence-corrected chi connectivity index (χ4v) is 3.76. The number of methoxy groups -OCH3 is 1. The number of para-hydroxylation sites is 1. The maximum atomic E-state index is 9.75. The molecule has 2 N–H and O–H groups in total. The first-order valence-electron chi connectivity index (χ1n) is 10.2. The van der Waals surface area contributed by atoms with Crippen LogP contribution >= 0.6 is 0 Å². The first-order valence-corrected chi connectivity index (χ1v) is 10.2. The molecule has 29 heavy (non-hydrogen) atoms. The Labute approximate surface area is 173 Å². The molecule has 1 saturated heterocycles. The molecule has 3 rings (SSSR count). The highest BCUT2D eigenvalue weighted by Crippen LogP contribution is 2.29. The number of hydrogen-bond donors (Lipinski definition) is 2. The number of aromatic nitrogens is 1. The van der Waals surface area contributed by atoms with Gasteiger partial charge in [0.25, 0.3) is 0 Å². The Hall–Kier alpha value is -2.80. The van der Waals surface area contributed by atoms with Gasteiger partial charge in [-0.05, 0) is 43.0 Å². The molecule has 7 heteroatoms. The van der Waals surface area contributed by atoms with E-state index in [0.29, 0.717) is 17.5 Å². The van der Waals surface area contributed by atoms with Crippen LogP contribution in [0.1, 0.15) is 30.7 Å². The predicted molar refractivity (Wildman–Crippen MR) is 117 cm³/mol. The van der Waals surface area contributed by atoms with E-state index < -0.39 is 0 Å². The topological polar surface area (TPSA) is 73.2 Å². The Morgan fingerprint density at radius 1 is 1.14 bits per heavy atom. The van der Waals surface area contributed by atoms with Gasteiger partial charge in [0.05, 0.1) is 7.11 Å². The minimum Gasteiger partial charge on any atom is -0.479 e. The van der Waals surface area contributed by atoms with Crippen molar-refractivity contribution in [3.63, 3.8) is 0 Å². The lowest BCUT2D eigenvalue weighted by Gasteiger charge is -2.37. The first-order chi connectivity index (χ1) is 14.1. The third-order valence-electron chi connectivity index (χ3n) is 5.46. The second-order valence-corrected chi connectivity index (χ2v) is 7.12. The van der Waals surface area contributed by atoms with Crippen LogP contribution in [0.4, 0.5) is 11.4 Å². The van der Waals surface area contributed by atoms with Gasteiger partial charge in [-0.15, -0.1) is 0 Å². The molecule has 0 aliphatic carbocycles. The molecule has 0 bridgehead atoms. The second kappa shape index (κ2) is 9.60. The largest absolute Gasteiger partial charge is 0.479 e. The number of nitrogens with one attached hydrogen (secondary N) is 1. The Balaban J connectivity index is 1.79. The van der Waals surface area contributed by atoms with Crippen molar-refractivity contribution in [1.82, 2.24) is 15.4 Å². The fraction of sp³-hybridized carbons (Fsp3) is 0.455. The number of piperazine rings is 1. The molecule has 1 aliphatic rings. The average Bonchev–Trinajstić information content (AvgIpc) is 2.78. The van der Waals surface area contributed by atoms with Crippen LogP contribution in [0.3, 0.4) is 0 Å². The summed E-state index contributed by atoms with van der Waals surface area (Å²) in [7, 11) is 1.59. The number of pyridine rings is 1. The van der Waals surface area contributed by atoms with Crippen LogP contribution in [0.25, 0.3) is 0 Å². The average molecular weight is 398 g/mol. The molecule has 1 fully saturated rings. The van der Waals surface area contributed by atoms with Crippen LogP contribution < -0.4 is 15.1 Å². The Bertz CT molecular complexity index is 860. The highest BCUT2D eigenvalue weighted by molar-refractivity contribution is 5.83. The lowest BCUT2D eigenvalue weighted by molar-refractivity contribution is 0.207. The summed E-state index contributed by atoms with van der Waals surface area (Å²) >= 11 is 0. The van der Waals surface area contributed by atoms with Crippen molar-refractivity contribution in [2.45, 2.75) is 33.6 Å². The van der Waals surface area contributed by atoms with Crippen molar-refractivity contribution in [2.75, 3.05) is 38.2 Å². The summed E-state index contributed by atoms with van der Waals surface area (Å²) in [5, 5.41) is 9.75. The first kappa shape index (κ1) is 20.9. The van der Waals surface area contributed by atoms with E-state index in [4.69, 9.17) is 4.74 Å². The number of benzene rings is 1. The fourth-order valence-electron chi connectivity index (χ4n) is 3.76. The number of ether oxygens (including phenoxy) is 1. The Morgan fingerprint density at radius 2 is 1.83 bits per heavy atom. The van der Waals surface area contributed by atoms with Gasteiger partial charge < -0.3 is 14.5 Å². The van der Waals surface area contributed by atoms with Crippen LogP contribution in [0.2, 0.25) is 0 Å². The number of nitrogens with zero attached hydrogens (tertiary/aromatic N) is 4. The number of aryl methyl sites for hydroxylation is 3. The molecule has 0 unspecified atom stereocenters. The van der Waals surface area contributed by atoms with E-state index in [1.807, 2.05) is 13.0 Å². The van der Waals surface area contributed by atoms with Crippen molar-refractivity contribution in [2.24, 2.45) is 4.99 Å². The molecule has 0 spiro atoms. The quantitative estimate of drug-likeness (QED) is 0.458. The maximum absolute atomic E-state index is 9.75. The van der Waals surface area contributed by atoms with Crippen molar-refractivity contribution in [3.8, 4) is 5.88 Å². The van der Waals surface area contributed by atoms with Crippen molar-refractivity contribution in [3.05, 3.63) is 47.2 Å². The van der Waals surface area contributed by atoms with E-state index >= 15 is 0 Å². The third-order valence-corrected chi connectivity index (χ3v) is 5.46. The van der Waals surface area contributed by atoms with Crippen LogP contribution in [-0.4, -0.2) is 54.3 Å². The predicted octanol–water partition coefficient (Wildman–Crippen LogP) is 3.31. The van der Waals surface area contributed by atoms with E-state index in [-0.39, 0.29) is 0 Å². The minimum absolute atomic E-state index is 0.416. The van der Waals surface area contributed by atoms with Gasteiger partial charge in [-0.2, -0.15) is 0 Å². The minimum atomic E-state index is 0.416. The zero-order valence-corrected chi connectivity index (χ0v) is 17.8. The second-order valence-electron chi connectivity index (χ2n) is 7.12. The molecule has 2 aromatic rings. The van der Waals surface area contributed by atoms with Crippen molar-refractivity contribution < 1.29 is 9.94 Å². The molecule has 1 aromatic carbocycles. The standard InChI is InChI=1S/C22H31N5O2/c1-5-17-9-7-8-10-20(17)26-11-13-27(14-12-26)22(25-28)24-19-15-18(6-2)16(3)23-21(19)29-4/h7-10,15,28H,5-6,11-14H2,1-4H3,(H,24,25). The van der Waals surface area contributed by atoms with Gasteiger partial charge in [-0.25, -0.2) is 15.5 Å². The van der Waals surface area contributed by atoms with Gasteiger partial charge in [0.2, 0.25) is 11.8 Å². The molecule has 2 heterocycles. The van der Waals surface area contributed by atoms with Gasteiger partial charge in [0.1, 0.15) is 5.69 Å². The number of hydrogen-bond acceptors (Lipinski definition) is 5. The highest BCUT2D eigenvalue weighted by atomic mass is 16.5. The van der Waals surface area contributed by atoms with E-state index in [2.05, 4.69) is 63.4 Å². The summed E-state index contributed by atoms with van der Waals surface area (Å²) < 4.78 is 5.40. The summed E-state index contributed by atoms with van der Waals surface area (Å²) in [6.07, 6.45) is 1.88. The number of rotatable bonds is 5. The number of hydroxylamine groups is 1. The number of anilines is 1. The lowest BCUT2D eigenvalue weighted by atomic mass is 10.1. The SMILES string of the molecule is CCc1ccccc1N1CCN(C(=Nc2cc(CC)c(C)nc2OC)NO)CC1. The van der Waals surface area contributed by atoms with Crippen LogP contribution in [0.5, 0.6) is 5.88 Å². The van der Waals surface area contributed by atoms with E-state index in [1.165, 1.54) is 11.3 Å². The maximum Gasteiger partial charge on any atom is 0.240 e. The number of guanidine groups is 1. The van der Waals surface area contributed by atoms with E-state index in [0.717, 1.165) is 50.3 Å². The molecule has 7 nitrogen and oxygen atoms in total. The van der Waals surface area contributed by atoms with E-state index in [1.54, 1.807) is 7.11 Å². The zero-order chi connectivity index (χ0) is 20.8. The Morgan fingerprint density at radius 3 is 2.45 bits per heavy atom. The van der Waals surface area contributed by atoms with Gasteiger partial charge in [0, 0.05) is 37.6 Å². The molecule has 1 aliphatic heterocycles. The van der Waals surface area contributed by atoms with Crippen molar-refractivity contribution in [1.29, 1.82) is 0 Å². The molecule has 0 radical (unpaired) electrons. The van der Waals surface area contributed by atoms with Crippen LogP contribution in [-0.2, 0) is 12.8 Å². The molecule has 0 amide bonds. The monoisotopic (exact) mass is 397 g/mol. The van der Waals surface area contributed by atoms with Gasteiger partial charge >= 0.3 is 0 Å². The molecular formula is C22H31N5O2. The normalized spacial score (nSPS) is 14.9. The molecule has 156 valence electrons. The molecule has 1 aromatic heterocycles. The summed E-state index contributed by atoms with van der Waals surface area (Å²) in [4.78, 5) is 13.6. The summed E-state index contributed by atoms with van der Waals surface area (Å²) in [5.41, 5.74) is 7.59. The lowest BCUT2D eigenvalue weighted by Crippen LogP contribution is -2.52. The molecule has 0 atom stereocenters. The Kier molecular flexibility index (Phi) is 6.93. The smallest absolute Gasteiger partial charge is 0.240 e. The van der Waals surface area contributed by atoms with Crippen molar-refractivity contribution >= 4 is 17.3 Å². The molecule has 0 saturated carbocycles. The molecular weight excluding hydrogens is 366 g/mol. The zero-order valence-electron chi connectivity index (χ0n) is 17.8. The van der Waals surface area contributed by atoms with E-state index in [9.17, 15) is 5.21 Å². The summed E-state index contributed by atoms with van der Waals surface area (Å²) in [6.45, 7) is 9.47. The highest BCUT2D eigenvalue weighted by Gasteiger charge is 2.22. The number of aliphatic imine (C=N–C) groups is 1. The van der Waals surface area contributed by atoms with Gasteiger partial charge in [-0.1, -0.05) is 32.0 Å². The third kappa shape index (κ3) is 4.62. The summed E-state index contributed by atoms with van der Waals surface area (Å²) in [6, 6.07) is 10.5. The van der Waals surface area contributed by atoms with Gasteiger partial charge in [-0.3, -0.25) is 5.21 Å². The summed E-state index contributed by atoms with van der Waals surface area (Å²) in [5.74, 6) is 0.877.